The van der Waals surface area contributed by atoms with Gasteiger partial charge in [-0.15, -0.1) is 12.4 Å². The van der Waals surface area contributed by atoms with Crippen LogP contribution in [0.2, 0.25) is 0 Å². The molecule has 106 valence electrons. The zero-order valence-corrected chi connectivity index (χ0v) is 11.8. The average Bonchev–Trinajstić information content (AvgIpc) is 2.91. The van der Waals surface area contributed by atoms with Crippen LogP contribution >= 0.6 is 12.4 Å². The summed E-state index contributed by atoms with van der Waals surface area (Å²) in [7, 11) is 0. The number of carbonyl (C=O) groups is 1. The summed E-state index contributed by atoms with van der Waals surface area (Å²) in [5, 5.41) is 2.74. The third kappa shape index (κ3) is 5.94. The maximum absolute atomic E-state index is 11.4. The van der Waals surface area contributed by atoms with Crippen molar-refractivity contribution in [2.45, 2.75) is 19.4 Å². The third-order valence-corrected chi connectivity index (χ3v) is 3.12. The molecule has 1 aliphatic heterocycles. The van der Waals surface area contributed by atoms with Gasteiger partial charge in [0, 0.05) is 13.1 Å². The molecule has 0 aliphatic carbocycles. The fourth-order valence-corrected chi connectivity index (χ4v) is 2.09. The molecule has 1 aromatic carbocycles. The van der Waals surface area contributed by atoms with Gasteiger partial charge in [-0.3, -0.25) is 4.90 Å². The van der Waals surface area contributed by atoms with Crippen molar-refractivity contribution >= 4 is 18.5 Å². The summed E-state index contributed by atoms with van der Waals surface area (Å²) >= 11 is 0. The Hall–Kier alpha value is -1.26. The highest BCUT2D eigenvalue weighted by Gasteiger charge is 2.11. The molecule has 1 N–H and O–H groups in total. The first-order valence-corrected chi connectivity index (χ1v) is 6.51. The lowest BCUT2D eigenvalue weighted by Crippen LogP contribution is -2.29. The molecular weight excluding hydrogens is 264 g/mol. The van der Waals surface area contributed by atoms with E-state index in [-0.39, 0.29) is 18.5 Å². The topological polar surface area (TPSA) is 41.6 Å². The highest BCUT2D eigenvalue weighted by atomic mass is 35.5. The summed E-state index contributed by atoms with van der Waals surface area (Å²) in [5.41, 5.74) is 1.08. The van der Waals surface area contributed by atoms with E-state index in [9.17, 15) is 4.79 Å². The van der Waals surface area contributed by atoms with Crippen LogP contribution in [-0.2, 0) is 11.3 Å². The highest BCUT2D eigenvalue weighted by Crippen LogP contribution is 2.06. The van der Waals surface area contributed by atoms with Crippen LogP contribution in [0.15, 0.2) is 30.3 Å². The van der Waals surface area contributed by atoms with Crippen LogP contribution in [-0.4, -0.2) is 37.2 Å². The van der Waals surface area contributed by atoms with E-state index < -0.39 is 0 Å². The Labute approximate surface area is 120 Å². The fraction of sp³-hybridized carbons (Fsp3) is 0.500. The number of likely N-dealkylation sites (tertiary alicyclic amines) is 1. The second kappa shape index (κ2) is 8.77. The Morgan fingerprint density at radius 3 is 2.58 bits per heavy atom. The monoisotopic (exact) mass is 284 g/mol. The number of alkyl carbamates (subject to hydrolysis) is 1. The number of halogens is 1. The van der Waals surface area contributed by atoms with Gasteiger partial charge < -0.3 is 10.1 Å². The van der Waals surface area contributed by atoms with Crippen LogP contribution < -0.4 is 5.32 Å². The van der Waals surface area contributed by atoms with E-state index in [1.54, 1.807) is 0 Å². The SMILES string of the molecule is Cl.O=C(NCc1ccccc1)OCCN1CCCC1. The number of ether oxygens (including phenoxy) is 1. The van der Waals surface area contributed by atoms with Gasteiger partial charge in [0.1, 0.15) is 6.61 Å². The maximum atomic E-state index is 11.4. The molecule has 1 amide bonds. The number of rotatable bonds is 5. The number of hydrogen-bond donors (Lipinski definition) is 1. The molecule has 1 aliphatic rings. The summed E-state index contributed by atoms with van der Waals surface area (Å²) in [4.78, 5) is 13.8. The zero-order valence-electron chi connectivity index (χ0n) is 11.0. The van der Waals surface area contributed by atoms with Gasteiger partial charge in [-0.25, -0.2) is 4.79 Å². The van der Waals surface area contributed by atoms with Crippen molar-refractivity contribution in [2.24, 2.45) is 0 Å². The van der Waals surface area contributed by atoms with Crippen molar-refractivity contribution in [3.8, 4) is 0 Å². The second-order valence-electron chi connectivity index (χ2n) is 4.52. The average molecular weight is 285 g/mol. The molecule has 0 aromatic heterocycles. The van der Waals surface area contributed by atoms with Crippen LogP contribution in [0, 0.1) is 0 Å². The van der Waals surface area contributed by atoms with E-state index in [0.29, 0.717) is 13.2 Å². The standard InChI is InChI=1S/C14H20N2O2.ClH/c17-14(15-12-13-6-2-1-3-7-13)18-11-10-16-8-4-5-9-16;/h1-3,6-7H,4-5,8-12H2,(H,15,17);1H. The number of amides is 1. The van der Waals surface area contributed by atoms with E-state index >= 15 is 0 Å². The van der Waals surface area contributed by atoms with Crippen molar-refractivity contribution in [1.29, 1.82) is 0 Å². The molecule has 5 heteroatoms. The Bertz CT molecular complexity index is 367. The highest BCUT2D eigenvalue weighted by molar-refractivity contribution is 5.85. The van der Waals surface area contributed by atoms with Crippen molar-refractivity contribution in [2.75, 3.05) is 26.2 Å². The lowest BCUT2D eigenvalue weighted by atomic mass is 10.2. The summed E-state index contributed by atoms with van der Waals surface area (Å²) in [6.45, 7) is 4.10. The van der Waals surface area contributed by atoms with Crippen molar-refractivity contribution < 1.29 is 9.53 Å². The molecule has 0 saturated carbocycles. The normalized spacial score (nSPS) is 14.7. The van der Waals surface area contributed by atoms with E-state index in [0.717, 1.165) is 25.2 Å². The van der Waals surface area contributed by atoms with Gasteiger partial charge in [0.25, 0.3) is 0 Å². The van der Waals surface area contributed by atoms with Gasteiger partial charge in [0.05, 0.1) is 0 Å². The predicted molar refractivity (Wildman–Crippen MR) is 77.6 cm³/mol. The number of benzene rings is 1. The Balaban J connectivity index is 0.00000180. The minimum absolute atomic E-state index is 0. The Kier molecular flexibility index (Phi) is 7.30. The van der Waals surface area contributed by atoms with Crippen molar-refractivity contribution in [3.05, 3.63) is 35.9 Å². The summed E-state index contributed by atoms with van der Waals surface area (Å²) in [6, 6.07) is 9.82. The zero-order chi connectivity index (χ0) is 12.6. The number of carbonyl (C=O) groups excluding carboxylic acids is 1. The van der Waals surface area contributed by atoms with Gasteiger partial charge >= 0.3 is 6.09 Å². The Morgan fingerprint density at radius 2 is 1.89 bits per heavy atom. The number of nitrogens with zero attached hydrogens (tertiary/aromatic N) is 1. The molecule has 1 aromatic rings. The summed E-state index contributed by atoms with van der Waals surface area (Å²) in [6.07, 6.45) is 2.19. The summed E-state index contributed by atoms with van der Waals surface area (Å²) < 4.78 is 5.13. The van der Waals surface area contributed by atoms with Gasteiger partial charge in [-0.1, -0.05) is 30.3 Å². The molecule has 1 heterocycles. The lowest BCUT2D eigenvalue weighted by Gasteiger charge is -2.14. The molecule has 2 rings (SSSR count). The van der Waals surface area contributed by atoms with Crippen LogP contribution in [0.1, 0.15) is 18.4 Å². The minimum atomic E-state index is -0.335. The number of hydrogen-bond acceptors (Lipinski definition) is 3. The van der Waals surface area contributed by atoms with Gasteiger partial charge in [-0.05, 0) is 31.5 Å². The first kappa shape index (κ1) is 15.8. The first-order chi connectivity index (χ1) is 8.84. The van der Waals surface area contributed by atoms with Crippen LogP contribution in [0.5, 0.6) is 0 Å². The molecule has 4 nitrogen and oxygen atoms in total. The van der Waals surface area contributed by atoms with Gasteiger partial charge in [0.15, 0.2) is 0 Å². The molecule has 1 saturated heterocycles. The quantitative estimate of drug-likeness (QED) is 0.903. The molecular formula is C14H21ClN2O2. The van der Waals surface area contributed by atoms with Crippen LogP contribution in [0.25, 0.3) is 0 Å². The molecule has 0 spiro atoms. The van der Waals surface area contributed by atoms with Gasteiger partial charge in [0.2, 0.25) is 0 Å². The third-order valence-electron chi connectivity index (χ3n) is 3.12. The predicted octanol–water partition coefficient (Wildman–Crippen LogP) is 2.43. The molecule has 0 bridgehead atoms. The molecule has 1 fully saturated rings. The first-order valence-electron chi connectivity index (χ1n) is 6.51. The Morgan fingerprint density at radius 1 is 1.21 bits per heavy atom. The van der Waals surface area contributed by atoms with E-state index in [4.69, 9.17) is 4.74 Å². The molecule has 19 heavy (non-hydrogen) atoms. The summed E-state index contributed by atoms with van der Waals surface area (Å²) in [5.74, 6) is 0. The van der Waals surface area contributed by atoms with E-state index in [1.807, 2.05) is 30.3 Å². The smallest absolute Gasteiger partial charge is 0.407 e. The molecule has 0 atom stereocenters. The number of nitrogens with one attached hydrogen (secondary N) is 1. The van der Waals surface area contributed by atoms with Crippen molar-refractivity contribution in [3.63, 3.8) is 0 Å². The van der Waals surface area contributed by atoms with E-state index in [1.165, 1.54) is 12.8 Å². The maximum Gasteiger partial charge on any atom is 0.407 e. The second-order valence-corrected chi connectivity index (χ2v) is 4.52. The molecule has 0 unspecified atom stereocenters. The lowest BCUT2D eigenvalue weighted by molar-refractivity contribution is 0.132. The fourth-order valence-electron chi connectivity index (χ4n) is 2.09. The minimum Gasteiger partial charge on any atom is -0.448 e. The van der Waals surface area contributed by atoms with Gasteiger partial charge in [-0.2, -0.15) is 0 Å². The largest absolute Gasteiger partial charge is 0.448 e. The van der Waals surface area contributed by atoms with E-state index in [2.05, 4.69) is 10.2 Å². The van der Waals surface area contributed by atoms with Crippen LogP contribution in [0.4, 0.5) is 4.79 Å². The van der Waals surface area contributed by atoms with Crippen LogP contribution in [0.3, 0.4) is 0 Å². The molecule has 0 radical (unpaired) electrons. The van der Waals surface area contributed by atoms with Crippen molar-refractivity contribution in [1.82, 2.24) is 10.2 Å².